The van der Waals surface area contributed by atoms with Gasteiger partial charge in [-0.05, 0) is 55.1 Å². The summed E-state index contributed by atoms with van der Waals surface area (Å²) in [6.07, 6.45) is 6.53. The summed E-state index contributed by atoms with van der Waals surface area (Å²) in [5.74, 6) is 0.0226. The van der Waals surface area contributed by atoms with Crippen molar-refractivity contribution < 1.29 is 9.59 Å². The topological polar surface area (TPSA) is 80.0 Å². The number of anilines is 2. The van der Waals surface area contributed by atoms with Crippen molar-refractivity contribution in [1.82, 2.24) is 20.4 Å². The van der Waals surface area contributed by atoms with E-state index in [1.165, 1.54) is 17.5 Å². The third-order valence-corrected chi connectivity index (χ3v) is 9.31. The molecule has 8 heteroatoms. The van der Waals surface area contributed by atoms with Gasteiger partial charge < -0.3 is 25.8 Å². The predicted molar refractivity (Wildman–Crippen MR) is 177 cm³/mol. The monoisotopic (exact) mass is 594 g/mol. The zero-order valence-electron chi connectivity index (χ0n) is 25.7. The van der Waals surface area contributed by atoms with Crippen LogP contribution in [0.2, 0.25) is 0 Å². The fraction of sp³-hybridized carbons (Fsp3) is 0.444. The summed E-state index contributed by atoms with van der Waals surface area (Å²) in [5, 5.41) is 9.73. The standard InChI is InChI=1S/C36H46N6O2/c43-35(42-21-10-19-37-20-22-42)30-17-18-33(32(27-30)39-36(44)38-31-15-8-3-9-16-31)40-23-25-41(26-24-40)34(28-11-4-1-5-12-28)29-13-6-2-7-14-29/h1-2,4-7,11-14,17-18,27,31,34,37H,3,8-10,15-16,19-26H2,(H2,38,39,44). The van der Waals surface area contributed by atoms with Gasteiger partial charge in [0.2, 0.25) is 0 Å². The summed E-state index contributed by atoms with van der Waals surface area (Å²) in [4.78, 5) is 33.6. The largest absolute Gasteiger partial charge is 0.367 e. The number of piperazine rings is 1. The van der Waals surface area contributed by atoms with Crippen LogP contribution in [0.1, 0.15) is 66.1 Å². The van der Waals surface area contributed by atoms with Gasteiger partial charge >= 0.3 is 6.03 Å². The molecule has 0 unspecified atom stereocenters. The van der Waals surface area contributed by atoms with E-state index in [9.17, 15) is 9.59 Å². The van der Waals surface area contributed by atoms with E-state index < -0.39 is 0 Å². The quantitative estimate of drug-likeness (QED) is 0.337. The smallest absolute Gasteiger partial charge is 0.319 e. The van der Waals surface area contributed by atoms with Gasteiger partial charge in [0.25, 0.3) is 5.91 Å². The highest BCUT2D eigenvalue weighted by atomic mass is 16.2. The molecule has 8 nitrogen and oxygen atoms in total. The van der Waals surface area contributed by atoms with Crippen LogP contribution in [0.5, 0.6) is 0 Å². The zero-order valence-corrected chi connectivity index (χ0v) is 25.7. The molecule has 3 aliphatic rings. The third-order valence-electron chi connectivity index (χ3n) is 9.31. The number of hydrogen-bond donors (Lipinski definition) is 3. The maximum Gasteiger partial charge on any atom is 0.319 e. The Balaban J connectivity index is 1.21. The third kappa shape index (κ3) is 7.42. The van der Waals surface area contributed by atoms with Crippen LogP contribution in [-0.2, 0) is 0 Å². The molecule has 0 bridgehead atoms. The van der Waals surface area contributed by atoms with E-state index in [0.29, 0.717) is 17.8 Å². The summed E-state index contributed by atoms with van der Waals surface area (Å²) in [6, 6.07) is 27.5. The van der Waals surface area contributed by atoms with E-state index in [-0.39, 0.29) is 24.0 Å². The van der Waals surface area contributed by atoms with Crippen molar-refractivity contribution in [3.05, 3.63) is 95.6 Å². The van der Waals surface area contributed by atoms with E-state index >= 15 is 0 Å². The zero-order chi connectivity index (χ0) is 30.1. The molecule has 2 aliphatic heterocycles. The SMILES string of the molecule is O=C(Nc1cc(C(=O)N2CCCNCC2)ccc1N1CCN(C(c2ccccc2)c2ccccc2)CC1)NC1CCCCC1. The second kappa shape index (κ2) is 14.7. The number of nitrogens with zero attached hydrogens (tertiary/aromatic N) is 3. The minimum Gasteiger partial charge on any atom is -0.367 e. The van der Waals surface area contributed by atoms with Crippen LogP contribution in [0.25, 0.3) is 0 Å². The summed E-state index contributed by atoms with van der Waals surface area (Å²) in [7, 11) is 0. The van der Waals surface area contributed by atoms with Gasteiger partial charge in [-0.1, -0.05) is 79.9 Å². The first kappa shape index (κ1) is 30.2. The minimum atomic E-state index is -0.187. The average molecular weight is 595 g/mol. The van der Waals surface area contributed by atoms with E-state index in [1.807, 2.05) is 23.1 Å². The van der Waals surface area contributed by atoms with Crippen LogP contribution in [-0.4, -0.2) is 80.1 Å². The molecule has 0 spiro atoms. The Bertz CT molecular complexity index is 1320. The number of urea groups is 1. The van der Waals surface area contributed by atoms with E-state index in [1.54, 1.807) is 0 Å². The number of nitrogens with one attached hydrogen (secondary N) is 3. The summed E-state index contributed by atoms with van der Waals surface area (Å²) >= 11 is 0. The Morgan fingerprint density at radius 3 is 2.09 bits per heavy atom. The Hall–Kier alpha value is -3.88. The van der Waals surface area contributed by atoms with Gasteiger partial charge in [0.15, 0.2) is 0 Å². The van der Waals surface area contributed by atoms with Crippen LogP contribution in [0.15, 0.2) is 78.9 Å². The molecule has 2 heterocycles. The summed E-state index contributed by atoms with van der Waals surface area (Å²) < 4.78 is 0. The molecule has 6 rings (SSSR count). The van der Waals surface area contributed by atoms with Gasteiger partial charge in [-0.3, -0.25) is 9.69 Å². The fourth-order valence-electron chi connectivity index (χ4n) is 6.97. The maximum atomic E-state index is 13.5. The first-order valence-corrected chi connectivity index (χ1v) is 16.5. The lowest BCUT2D eigenvalue weighted by Gasteiger charge is -2.41. The molecule has 3 amide bonds. The van der Waals surface area contributed by atoms with E-state index in [2.05, 4.69) is 86.4 Å². The maximum absolute atomic E-state index is 13.5. The molecule has 3 aromatic carbocycles. The molecular weight excluding hydrogens is 548 g/mol. The molecule has 0 radical (unpaired) electrons. The second-order valence-electron chi connectivity index (χ2n) is 12.3. The van der Waals surface area contributed by atoms with Gasteiger partial charge in [-0.2, -0.15) is 0 Å². The molecule has 3 fully saturated rings. The van der Waals surface area contributed by atoms with Gasteiger partial charge in [-0.15, -0.1) is 0 Å². The summed E-state index contributed by atoms with van der Waals surface area (Å²) in [6.45, 7) is 6.56. The number of benzene rings is 3. The Kier molecular flexibility index (Phi) is 10.1. The molecule has 3 N–H and O–H groups in total. The molecule has 44 heavy (non-hydrogen) atoms. The van der Waals surface area contributed by atoms with Gasteiger partial charge in [0.05, 0.1) is 17.4 Å². The molecule has 1 aliphatic carbocycles. The Labute approximate surface area is 261 Å². The lowest BCUT2D eigenvalue weighted by molar-refractivity contribution is 0.0766. The molecule has 0 atom stereocenters. The molecular formula is C36H46N6O2. The average Bonchev–Trinajstić information content (AvgIpc) is 3.36. The molecule has 232 valence electrons. The van der Waals surface area contributed by atoms with Crippen molar-refractivity contribution in [2.45, 2.75) is 50.6 Å². The Morgan fingerprint density at radius 1 is 0.727 bits per heavy atom. The molecule has 1 saturated carbocycles. The highest BCUT2D eigenvalue weighted by Gasteiger charge is 2.28. The highest BCUT2D eigenvalue weighted by Crippen LogP contribution is 2.33. The first-order valence-electron chi connectivity index (χ1n) is 16.5. The van der Waals surface area contributed by atoms with Crippen molar-refractivity contribution in [3.63, 3.8) is 0 Å². The van der Waals surface area contributed by atoms with Crippen LogP contribution < -0.4 is 20.9 Å². The number of carbonyl (C=O) groups is 2. The second-order valence-corrected chi connectivity index (χ2v) is 12.3. The van der Waals surface area contributed by atoms with E-state index in [0.717, 1.165) is 83.6 Å². The summed E-state index contributed by atoms with van der Waals surface area (Å²) in [5.41, 5.74) is 4.87. The molecule has 2 saturated heterocycles. The molecule has 0 aromatic heterocycles. The minimum absolute atomic E-state index is 0.0226. The number of rotatable bonds is 7. The predicted octanol–water partition coefficient (Wildman–Crippen LogP) is 5.49. The van der Waals surface area contributed by atoms with E-state index in [4.69, 9.17) is 0 Å². The van der Waals surface area contributed by atoms with Crippen molar-refractivity contribution in [2.75, 3.05) is 62.6 Å². The van der Waals surface area contributed by atoms with Gasteiger partial charge in [0.1, 0.15) is 0 Å². The van der Waals surface area contributed by atoms with Crippen molar-refractivity contribution >= 4 is 23.3 Å². The first-order chi connectivity index (χ1) is 21.7. The van der Waals surface area contributed by atoms with Crippen LogP contribution in [0.3, 0.4) is 0 Å². The Morgan fingerprint density at radius 2 is 1.41 bits per heavy atom. The van der Waals surface area contributed by atoms with Crippen molar-refractivity contribution in [2.24, 2.45) is 0 Å². The fourth-order valence-corrected chi connectivity index (χ4v) is 6.97. The van der Waals surface area contributed by atoms with Crippen LogP contribution in [0, 0.1) is 0 Å². The lowest BCUT2D eigenvalue weighted by Crippen LogP contribution is -2.48. The highest BCUT2D eigenvalue weighted by molar-refractivity contribution is 5.99. The van der Waals surface area contributed by atoms with Crippen LogP contribution in [0.4, 0.5) is 16.2 Å². The van der Waals surface area contributed by atoms with Crippen molar-refractivity contribution in [3.8, 4) is 0 Å². The lowest BCUT2D eigenvalue weighted by atomic mass is 9.96. The van der Waals surface area contributed by atoms with Crippen LogP contribution >= 0.6 is 0 Å². The number of hydrogen-bond acceptors (Lipinski definition) is 5. The normalized spacial score (nSPS) is 18.6. The van der Waals surface area contributed by atoms with Gasteiger partial charge in [0, 0.05) is 57.4 Å². The van der Waals surface area contributed by atoms with Gasteiger partial charge in [-0.25, -0.2) is 4.79 Å². The number of amides is 3. The van der Waals surface area contributed by atoms with Crippen molar-refractivity contribution in [1.29, 1.82) is 0 Å². The number of carbonyl (C=O) groups excluding carboxylic acids is 2. The molecule has 3 aromatic rings.